The van der Waals surface area contributed by atoms with E-state index >= 15 is 0 Å². The Balaban J connectivity index is 1.79. The monoisotopic (exact) mass is 369 g/mol. The molecule has 2 atom stereocenters. The zero-order valence-corrected chi connectivity index (χ0v) is 14.2. The lowest BCUT2D eigenvalue weighted by Crippen LogP contribution is -2.40. The van der Waals surface area contributed by atoms with E-state index in [4.69, 9.17) is 0 Å². The van der Waals surface area contributed by atoms with Gasteiger partial charge in [-0.1, -0.05) is 30.3 Å². The van der Waals surface area contributed by atoms with Crippen molar-refractivity contribution in [1.82, 2.24) is 9.29 Å². The van der Waals surface area contributed by atoms with Crippen molar-refractivity contribution in [2.45, 2.75) is 30.9 Å². The number of rotatable bonds is 4. The van der Waals surface area contributed by atoms with Crippen LogP contribution in [0.2, 0.25) is 0 Å². The van der Waals surface area contributed by atoms with Gasteiger partial charge in [-0.3, -0.25) is 4.98 Å². The summed E-state index contributed by atoms with van der Waals surface area (Å²) >= 11 is 0. The molecule has 0 fully saturated rings. The number of aromatic nitrogens is 1. The molecule has 1 aliphatic rings. The lowest BCUT2D eigenvalue weighted by molar-refractivity contribution is -0.0430. The summed E-state index contributed by atoms with van der Waals surface area (Å²) in [5.74, 6) is 0. The van der Waals surface area contributed by atoms with Crippen LogP contribution in [0.15, 0.2) is 48.8 Å². The maximum Gasteiger partial charge on any atom is 0.485 e. The molecule has 1 N–H and O–H groups in total. The Hall–Kier alpha value is -1.93. The molecule has 0 amide bonds. The fraction of sp³-hybridized carbons (Fsp3) is 0.353. The first-order valence-corrected chi connectivity index (χ1v) is 9.01. The SMILES string of the molecule is O=S(N1Cc2cnccc2NC(CCc2ccccc2)C1)C(F)(F)F. The summed E-state index contributed by atoms with van der Waals surface area (Å²) < 4.78 is 51.7. The standard InChI is InChI=1S/C17H18F3N3OS/c18-17(19,20)25(24)23-11-14-10-21-9-8-16(14)22-15(12-23)7-6-13-4-2-1-3-5-13/h1-5,8-10,15,22H,6-7,11-12H2. The Labute approximate surface area is 146 Å². The number of nitrogens with one attached hydrogen (secondary N) is 1. The van der Waals surface area contributed by atoms with Crippen LogP contribution in [0.3, 0.4) is 0 Å². The molecule has 1 aliphatic heterocycles. The molecular weight excluding hydrogens is 351 g/mol. The minimum atomic E-state index is -4.77. The first-order chi connectivity index (χ1) is 11.9. The summed E-state index contributed by atoms with van der Waals surface area (Å²) in [4.78, 5) is 3.97. The summed E-state index contributed by atoms with van der Waals surface area (Å²) in [5.41, 5.74) is -2.29. The summed E-state index contributed by atoms with van der Waals surface area (Å²) in [6.45, 7) is -0.00222. The van der Waals surface area contributed by atoms with E-state index in [9.17, 15) is 17.4 Å². The van der Waals surface area contributed by atoms with E-state index in [0.717, 1.165) is 22.0 Å². The van der Waals surface area contributed by atoms with Gasteiger partial charge in [0.05, 0.1) is 0 Å². The Morgan fingerprint density at radius 1 is 1.24 bits per heavy atom. The number of pyridine rings is 1. The van der Waals surface area contributed by atoms with Gasteiger partial charge >= 0.3 is 5.51 Å². The maximum absolute atomic E-state index is 12.9. The molecule has 0 saturated heterocycles. The maximum atomic E-state index is 12.9. The van der Waals surface area contributed by atoms with Gasteiger partial charge in [0.15, 0.2) is 0 Å². The van der Waals surface area contributed by atoms with E-state index in [1.165, 1.54) is 6.20 Å². The van der Waals surface area contributed by atoms with Crippen LogP contribution in [-0.2, 0) is 24.0 Å². The molecular formula is C17H18F3N3OS. The largest absolute Gasteiger partial charge is 0.485 e. The third-order valence-electron chi connectivity index (χ3n) is 4.09. The van der Waals surface area contributed by atoms with Crippen LogP contribution in [0.5, 0.6) is 0 Å². The molecule has 1 aromatic carbocycles. The van der Waals surface area contributed by atoms with Gasteiger partial charge in [0, 0.05) is 42.8 Å². The molecule has 2 heterocycles. The third kappa shape index (κ3) is 4.58. The van der Waals surface area contributed by atoms with Gasteiger partial charge in [-0.15, -0.1) is 0 Å². The van der Waals surface area contributed by atoms with E-state index < -0.39 is 16.5 Å². The second kappa shape index (κ2) is 7.53. The minimum Gasteiger partial charge on any atom is -0.381 e. The Morgan fingerprint density at radius 2 is 2.00 bits per heavy atom. The van der Waals surface area contributed by atoms with Crippen LogP contribution in [0.1, 0.15) is 17.5 Å². The van der Waals surface area contributed by atoms with Crippen molar-refractivity contribution in [1.29, 1.82) is 0 Å². The number of halogens is 3. The van der Waals surface area contributed by atoms with Gasteiger partial charge < -0.3 is 5.32 Å². The number of nitrogens with zero attached hydrogens (tertiary/aromatic N) is 2. The predicted molar refractivity (Wildman–Crippen MR) is 91.0 cm³/mol. The van der Waals surface area contributed by atoms with Gasteiger partial charge in [-0.25, -0.2) is 8.51 Å². The van der Waals surface area contributed by atoms with Crippen molar-refractivity contribution in [3.8, 4) is 0 Å². The lowest BCUT2D eigenvalue weighted by atomic mass is 10.1. The van der Waals surface area contributed by atoms with Crippen molar-refractivity contribution >= 4 is 16.7 Å². The van der Waals surface area contributed by atoms with Crippen molar-refractivity contribution < 1.29 is 17.4 Å². The molecule has 0 aliphatic carbocycles. The minimum absolute atomic E-state index is 0.0492. The highest BCUT2D eigenvalue weighted by atomic mass is 32.2. The molecule has 0 spiro atoms. The lowest BCUT2D eigenvalue weighted by Gasteiger charge is -2.24. The Morgan fingerprint density at radius 3 is 2.72 bits per heavy atom. The molecule has 0 radical (unpaired) electrons. The average Bonchev–Trinajstić information content (AvgIpc) is 2.78. The summed E-state index contributed by atoms with van der Waals surface area (Å²) in [5, 5.41) is 3.28. The highest BCUT2D eigenvalue weighted by Crippen LogP contribution is 2.29. The molecule has 4 nitrogen and oxygen atoms in total. The van der Waals surface area contributed by atoms with Crippen LogP contribution < -0.4 is 5.32 Å². The topological polar surface area (TPSA) is 45.2 Å². The Kier molecular flexibility index (Phi) is 5.39. The van der Waals surface area contributed by atoms with Crippen LogP contribution >= 0.6 is 0 Å². The van der Waals surface area contributed by atoms with E-state index in [2.05, 4.69) is 10.3 Å². The van der Waals surface area contributed by atoms with Gasteiger partial charge in [-0.2, -0.15) is 13.2 Å². The van der Waals surface area contributed by atoms with E-state index in [1.807, 2.05) is 30.3 Å². The number of benzene rings is 1. The van der Waals surface area contributed by atoms with Gasteiger partial charge in [0.1, 0.15) is 0 Å². The molecule has 2 aromatic rings. The number of hydrogen-bond donors (Lipinski definition) is 1. The molecule has 0 bridgehead atoms. The number of hydrogen-bond acceptors (Lipinski definition) is 3. The number of aryl methyl sites for hydroxylation is 1. The smallest absolute Gasteiger partial charge is 0.381 e. The van der Waals surface area contributed by atoms with Gasteiger partial charge in [0.25, 0.3) is 0 Å². The number of alkyl halides is 3. The van der Waals surface area contributed by atoms with Crippen LogP contribution in [0.25, 0.3) is 0 Å². The first-order valence-electron chi connectivity index (χ1n) is 7.90. The fourth-order valence-corrected chi connectivity index (χ4v) is 3.75. The third-order valence-corrected chi connectivity index (χ3v) is 5.23. The zero-order chi connectivity index (χ0) is 17.9. The molecule has 1 aromatic heterocycles. The number of anilines is 1. The van der Waals surface area contributed by atoms with E-state index in [1.54, 1.807) is 12.3 Å². The van der Waals surface area contributed by atoms with Gasteiger partial charge in [0.2, 0.25) is 11.0 Å². The average molecular weight is 369 g/mol. The molecule has 25 heavy (non-hydrogen) atoms. The predicted octanol–water partition coefficient (Wildman–Crippen LogP) is 3.49. The second-order valence-electron chi connectivity index (χ2n) is 5.92. The normalized spacial score (nSPS) is 19.6. The quantitative estimate of drug-likeness (QED) is 0.897. The van der Waals surface area contributed by atoms with E-state index in [0.29, 0.717) is 12.0 Å². The fourth-order valence-electron chi connectivity index (χ4n) is 2.88. The summed E-state index contributed by atoms with van der Waals surface area (Å²) in [6.07, 6.45) is 4.47. The highest BCUT2D eigenvalue weighted by molar-refractivity contribution is 7.83. The molecule has 8 heteroatoms. The molecule has 0 saturated carbocycles. The summed E-state index contributed by atoms with van der Waals surface area (Å²) in [7, 11) is -3.05. The highest BCUT2D eigenvalue weighted by Gasteiger charge is 2.42. The van der Waals surface area contributed by atoms with Crippen LogP contribution in [0.4, 0.5) is 18.9 Å². The van der Waals surface area contributed by atoms with Crippen molar-refractivity contribution in [2.75, 3.05) is 11.9 Å². The zero-order valence-electron chi connectivity index (χ0n) is 13.4. The molecule has 3 rings (SSSR count). The molecule has 134 valence electrons. The Bertz CT molecular complexity index is 739. The van der Waals surface area contributed by atoms with Crippen LogP contribution in [-0.4, -0.2) is 31.6 Å². The van der Waals surface area contributed by atoms with E-state index in [-0.39, 0.29) is 19.1 Å². The first kappa shape index (κ1) is 17.9. The number of fused-ring (bicyclic) bond motifs is 1. The van der Waals surface area contributed by atoms with Crippen molar-refractivity contribution in [3.05, 3.63) is 59.9 Å². The van der Waals surface area contributed by atoms with Gasteiger partial charge in [-0.05, 0) is 24.5 Å². The van der Waals surface area contributed by atoms with Crippen molar-refractivity contribution in [3.63, 3.8) is 0 Å². The van der Waals surface area contributed by atoms with Crippen molar-refractivity contribution in [2.24, 2.45) is 0 Å². The molecule has 2 unspecified atom stereocenters. The summed E-state index contributed by atoms with van der Waals surface area (Å²) in [6, 6.07) is 11.3. The second-order valence-corrected chi connectivity index (χ2v) is 7.39. The van der Waals surface area contributed by atoms with Crippen LogP contribution in [0, 0.1) is 0 Å².